The van der Waals surface area contributed by atoms with Crippen molar-refractivity contribution in [3.8, 4) is 11.5 Å². The molecule has 6 heteroatoms. The molecule has 3 aromatic rings. The lowest BCUT2D eigenvalue weighted by Crippen LogP contribution is -2.38. The van der Waals surface area contributed by atoms with E-state index in [0.29, 0.717) is 30.0 Å². The molecule has 3 heterocycles. The summed E-state index contributed by atoms with van der Waals surface area (Å²) in [5.74, 6) is 1.52. The molecule has 2 aliphatic heterocycles. The minimum absolute atomic E-state index is 0.418. The lowest BCUT2D eigenvalue weighted by molar-refractivity contribution is 0.161. The molecule has 2 aliphatic rings. The summed E-state index contributed by atoms with van der Waals surface area (Å²) in [5.41, 5.74) is 2.94. The molecule has 0 aliphatic carbocycles. The maximum Gasteiger partial charge on any atom is 0.419 e. The van der Waals surface area contributed by atoms with E-state index in [1.165, 1.54) is 31.4 Å². The number of piperidine rings is 1. The molecule has 1 aromatic heterocycles. The number of ether oxygens (including phenoxy) is 2. The molecule has 0 spiro atoms. The molecule has 1 atom stereocenters. The van der Waals surface area contributed by atoms with Crippen LogP contribution in [-0.4, -0.2) is 36.7 Å². The lowest BCUT2D eigenvalue weighted by Gasteiger charge is -2.33. The number of fused-ring (bicyclic) bond motifs is 2. The summed E-state index contributed by atoms with van der Waals surface area (Å²) in [6.45, 7) is 4.56. The van der Waals surface area contributed by atoms with E-state index in [-0.39, 0.29) is 0 Å². The Hall–Kier alpha value is -3.25. The molecule has 0 bridgehead atoms. The summed E-state index contributed by atoms with van der Waals surface area (Å²) < 4.78 is 17.1. The first kappa shape index (κ1) is 21.6. The van der Waals surface area contributed by atoms with Gasteiger partial charge in [-0.3, -0.25) is 10.2 Å². The second-order valence-electron chi connectivity index (χ2n) is 8.64. The fraction of sp³-hybridized carbons (Fsp3) is 0.370. The number of anilines is 1. The van der Waals surface area contributed by atoms with Gasteiger partial charge in [-0.2, -0.15) is 0 Å². The lowest BCUT2D eigenvalue weighted by atomic mass is 9.95. The average Bonchev–Trinajstić information content (AvgIpc) is 3.03. The number of para-hydroxylation sites is 1. The largest absolute Gasteiger partial charge is 0.494 e. The van der Waals surface area contributed by atoms with Gasteiger partial charge in [0.05, 0.1) is 6.61 Å². The topological polar surface area (TPSA) is 63.9 Å². The number of carbonyl (C=O) groups excluding carboxylic acids is 1. The summed E-state index contributed by atoms with van der Waals surface area (Å²) in [7, 11) is 0. The SMILES string of the molecule is CCOc1cccc(OC(=O)Nc2oc3ccccc3c2C2=CCN3CCCCC3CC2)c1. The summed E-state index contributed by atoms with van der Waals surface area (Å²) in [4.78, 5) is 15.4. The Morgan fingerprint density at radius 2 is 2.00 bits per heavy atom. The third-order valence-corrected chi connectivity index (χ3v) is 6.53. The fourth-order valence-electron chi connectivity index (χ4n) is 4.98. The van der Waals surface area contributed by atoms with Crippen molar-refractivity contribution in [1.82, 2.24) is 4.90 Å². The highest BCUT2D eigenvalue weighted by Crippen LogP contribution is 2.39. The zero-order chi connectivity index (χ0) is 22.6. The van der Waals surface area contributed by atoms with Crippen LogP contribution in [0.3, 0.4) is 0 Å². The maximum absolute atomic E-state index is 12.8. The Balaban J connectivity index is 1.40. The molecule has 172 valence electrons. The van der Waals surface area contributed by atoms with E-state index < -0.39 is 6.09 Å². The third kappa shape index (κ3) is 4.76. The minimum atomic E-state index is -0.587. The van der Waals surface area contributed by atoms with Crippen molar-refractivity contribution in [3.63, 3.8) is 0 Å². The number of carbonyl (C=O) groups is 1. The van der Waals surface area contributed by atoms with Crippen molar-refractivity contribution in [2.75, 3.05) is 25.0 Å². The van der Waals surface area contributed by atoms with E-state index in [4.69, 9.17) is 13.9 Å². The molecule has 1 unspecified atom stereocenters. The number of allylic oxidation sites excluding steroid dienone is 1. The van der Waals surface area contributed by atoms with Crippen molar-refractivity contribution >= 4 is 28.5 Å². The Labute approximate surface area is 194 Å². The third-order valence-electron chi connectivity index (χ3n) is 6.53. The number of nitrogens with zero attached hydrogens (tertiary/aromatic N) is 1. The van der Waals surface area contributed by atoms with E-state index in [2.05, 4.69) is 22.4 Å². The Morgan fingerprint density at radius 3 is 2.91 bits per heavy atom. The summed E-state index contributed by atoms with van der Waals surface area (Å²) >= 11 is 0. The number of hydrogen-bond donors (Lipinski definition) is 1. The number of amides is 1. The number of benzene rings is 2. The van der Waals surface area contributed by atoms with Gasteiger partial charge in [0.2, 0.25) is 5.88 Å². The van der Waals surface area contributed by atoms with Crippen molar-refractivity contribution in [3.05, 3.63) is 60.2 Å². The minimum Gasteiger partial charge on any atom is -0.494 e. The molecule has 5 rings (SSSR count). The fourth-order valence-corrected chi connectivity index (χ4v) is 4.98. The van der Waals surface area contributed by atoms with Crippen LogP contribution in [0.15, 0.2) is 59.0 Å². The van der Waals surface area contributed by atoms with Crippen molar-refractivity contribution < 1.29 is 18.7 Å². The molecule has 1 fully saturated rings. The van der Waals surface area contributed by atoms with Crippen LogP contribution in [0.2, 0.25) is 0 Å². The first-order valence-corrected chi connectivity index (χ1v) is 11.9. The molecule has 6 nitrogen and oxygen atoms in total. The van der Waals surface area contributed by atoms with Crippen LogP contribution < -0.4 is 14.8 Å². The Morgan fingerprint density at radius 1 is 1.12 bits per heavy atom. The Kier molecular flexibility index (Phi) is 6.35. The van der Waals surface area contributed by atoms with Gasteiger partial charge in [-0.25, -0.2) is 4.79 Å². The normalized spacial score (nSPS) is 18.8. The molecule has 1 N–H and O–H groups in total. The number of hydrogen-bond acceptors (Lipinski definition) is 5. The standard InChI is InChI=1S/C27H30N2O4/c1-2-31-21-9-7-10-22(18-21)32-27(30)28-26-25(23-11-3-4-12-24(23)33-26)19-13-14-20-8-5-6-16-29(20)17-15-19/h3-4,7,9-12,15,18,20H,2,5-6,8,13-14,16-17H2,1H3,(H,28,30). The molecule has 1 saturated heterocycles. The number of rotatable bonds is 5. The first-order chi connectivity index (χ1) is 16.2. The molecule has 1 amide bonds. The van der Waals surface area contributed by atoms with Gasteiger partial charge in [0.15, 0.2) is 0 Å². The van der Waals surface area contributed by atoms with Gasteiger partial charge in [0.25, 0.3) is 0 Å². The van der Waals surface area contributed by atoms with E-state index >= 15 is 0 Å². The Bertz CT molecular complexity index is 1170. The van der Waals surface area contributed by atoms with E-state index in [9.17, 15) is 4.79 Å². The van der Waals surface area contributed by atoms with Crippen LogP contribution in [0.1, 0.15) is 44.6 Å². The highest BCUT2D eigenvalue weighted by Gasteiger charge is 2.27. The zero-order valence-electron chi connectivity index (χ0n) is 19.0. The van der Waals surface area contributed by atoms with Crippen molar-refractivity contribution in [2.24, 2.45) is 0 Å². The number of nitrogens with one attached hydrogen (secondary N) is 1. The van der Waals surface area contributed by atoms with Crippen LogP contribution in [-0.2, 0) is 0 Å². The predicted octanol–water partition coefficient (Wildman–Crippen LogP) is 6.47. The summed E-state index contributed by atoms with van der Waals surface area (Å²) in [6, 6.07) is 15.6. The van der Waals surface area contributed by atoms with Crippen LogP contribution in [0, 0.1) is 0 Å². The highest BCUT2D eigenvalue weighted by molar-refractivity contribution is 6.00. The van der Waals surface area contributed by atoms with Gasteiger partial charge in [0, 0.05) is 29.6 Å². The second-order valence-corrected chi connectivity index (χ2v) is 8.64. The van der Waals surface area contributed by atoms with Gasteiger partial charge < -0.3 is 13.9 Å². The molecule has 2 aromatic carbocycles. The molecule has 0 radical (unpaired) electrons. The maximum atomic E-state index is 12.8. The smallest absolute Gasteiger partial charge is 0.419 e. The predicted molar refractivity (Wildman–Crippen MR) is 130 cm³/mol. The van der Waals surface area contributed by atoms with Crippen LogP contribution in [0.5, 0.6) is 11.5 Å². The van der Waals surface area contributed by atoms with Gasteiger partial charge in [-0.05, 0) is 62.9 Å². The monoisotopic (exact) mass is 446 g/mol. The average molecular weight is 447 g/mol. The van der Waals surface area contributed by atoms with Gasteiger partial charge in [-0.15, -0.1) is 0 Å². The molecule has 0 saturated carbocycles. The summed E-state index contributed by atoms with van der Waals surface area (Å²) in [5, 5.41) is 3.87. The number of furan rings is 1. The van der Waals surface area contributed by atoms with Crippen molar-refractivity contribution in [2.45, 2.75) is 45.1 Å². The quantitative estimate of drug-likeness (QED) is 0.486. The van der Waals surface area contributed by atoms with Crippen LogP contribution >= 0.6 is 0 Å². The highest BCUT2D eigenvalue weighted by atomic mass is 16.6. The van der Waals surface area contributed by atoms with E-state index in [1.54, 1.807) is 18.2 Å². The van der Waals surface area contributed by atoms with Gasteiger partial charge >= 0.3 is 6.09 Å². The van der Waals surface area contributed by atoms with Crippen molar-refractivity contribution in [1.29, 1.82) is 0 Å². The molecule has 33 heavy (non-hydrogen) atoms. The van der Waals surface area contributed by atoms with Gasteiger partial charge in [0.1, 0.15) is 17.1 Å². The van der Waals surface area contributed by atoms with E-state index in [0.717, 1.165) is 35.9 Å². The molecular weight excluding hydrogens is 416 g/mol. The second kappa shape index (κ2) is 9.71. The van der Waals surface area contributed by atoms with E-state index in [1.807, 2.05) is 31.2 Å². The first-order valence-electron chi connectivity index (χ1n) is 11.9. The summed E-state index contributed by atoms with van der Waals surface area (Å²) in [6.07, 6.45) is 7.67. The van der Waals surface area contributed by atoms with Crippen LogP contribution in [0.4, 0.5) is 10.7 Å². The molecular formula is C27H30N2O4. The van der Waals surface area contributed by atoms with Gasteiger partial charge in [-0.1, -0.05) is 36.8 Å². The van der Waals surface area contributed by atoms with Crippen LogP contribution in [0.25, 0.3) is 16.5 Å². The zero-order valence-corrected chi connectivity index (χ0v) is 19.0.